The van der Waals surface area contributed by atoms with Crippen LogP contribution in [0.4, 0.5) is 4.79 Å². The molecule has 0 saturated carbocycles. The normalized spacial score (nSPS) is 11.7. The van der Waals surface area contributed by atoms with Gasteiger partial charge in [-0.25, -0.2) is 4.79 Å². The van der Waals surface area contributed by atoms with Crippen molar-refractivity contribution < 1.29 is 14.3 Å². The second-order valence-corrected chi connectivity index (χ2v) is 6.49. The van der Waals surface area contributed by atoms with Gasteiger partial charge in [0.1, 0.15) is 5.60 Å². The van der Waals surface area contributed by atoms with Crippen molar-refractivity contribution in [1.82, 2.24) is 4.57 Å². The lowest BCUT2D eigenvalue weighted by Crippen LogP contribution is -2.26. The summed E-state index contributed by atoms with van der Waals surface area (Å²) >= 11 is 3.37. The minimum absolute atomic E-state index is 0.449. The van der Waals surface area contributed by atoms with Gasteiger partial charge >= 0.3 is 6.09 Å². The molecule has 0 aliphatic carbocycles. The molecule has 0 spiro atoms. The fourth-order valence-electron chi connectivity index (χ4n) is 2.10. The van der Waals surface area contributed by atoms with Crippen molar-refractivity contribution >= 4 is 39.2 Å². The van der Waals surface area contributed by atoms with Gasteiger partial charge in [-0.2, -0.15) is 0 Å². The first-order valence-corrected chi connectivity index (χ1v) is 7.02. The van der Waals surface area contributed by atoms with Crippen molar-refractivity contribution in [3.05, 3.63) is 33.9 Å². The maximum atomic E-state index is 12.2. The Bertz CT molecular complexity index is 695. The molecule has 0 radical (unpaired) electrons. The lowest BCUT2D eigenvalue weighted by molar-refractivity contribution is 0.0544. The molecule has 0 saturated heterocycles. The van der Waals surface area contributed by atoms with Gasteiger partial charge in [0.2, 0.25) is 0 Å². The van der Waals surface area contributed by atoms with Gasteiger partial charge in [-0.05, 0) is 45.4 Å². The van der Waals surface area contributed by atoms with Crippen LogP contribution >= 0.6 is 15.9 Å². The topological polar surface area (TPSA) is 48.3 Å². The third kappa shape index (κ3) is 2.63. The van der Waals surface area contributed by atoms with Gasteiger partial charge < -0.3 is 4.74 Å². The van der Waals surface area contributed by atoms with Crippen molar-refractivity contribution in [3.8, 4) is 0 Å². The Morgan fingerprint density at radius 3 is 2.60 bits per heavy atom. The molecule has 0 unspecified atom stereocenters. The zero-order chi connectivity index (χ0) is 15.1. The van der Waals surface area contributed by atoms with Crippen molar-refractivity contribution in [2.45, 2.75) is 33.3 Å². The molecule has 1 aromatic carbocycles. The van der Waals surface area contributed by atoms with E-state index in [1.54, 1.807) is 12.3 Å². The Kier molecular flexibility index (Phi) is 3.73. The van der Waals surface area contributed by atoms with Crippen LogP contribution in [0.15, 0.2) is 22.8 Å². The number of fused-ring (bicyclic) bond motifs is 1. The highest BCUT2D eigenvalue weighted by molar-refractivity contribution is 9.10. The molecule has 106 valence electrons. The molecule has 0 aliphatic heterocycles. The Morgan fingerprint density at radius 1 is 1.40 bits per heavy atom. The first-order chi connectivity index (χ1) is 9.24. The number of hydrogen-bond acceptors (Lipinski definition) is 3. The minimum Gasteiger partial charge on any atom is -0.443 e. The van der Waals surface area contributed by atoms with Gasteiger partial charge in [0, 0.05) is 21.6 Å². The largest absolute Gasteiger partial charge is 0.443 e. The summed E-state index contributed by atoms with van der Waals surface area (Å²) in [6.07, 6.45) is 1.96. The molecular weight excluding hydrogens is 322 g/mol. The Balaban J connectivity index is 2.63. The highest BCUT2D eigenvalue weighted by atomic mass is 79.9. The number of aromatic nitrogens is 1. The molecular formula is C15H16BrNO3. The number of rotatable bonds is 1. The number of halogens is 1. The van der Waals surface area contributed by atoms with Crippen LogP contribution in [0.1, 0.15) is 36.7 Å². The van der Waals surface area contributed by atoms with Gasteiger partial charge in [-0.15, -0.1) is 0 Å². The molecule has 0 fully saturated rings. The Morgan fingerprint density at radius 2 is 2.05 bits per heavy atom. The van der Waals surface area contributed by atoms with Crippen molar-refractivity contribution in [1.29, 1.82) is 0 Å². The van der Waals surface area contributed by atoms with Crippen LogP contribution in [0.2, 0.25) is 0 Å². The van der Waals surface area contributed by atoms with Crippen molar-refractivity contribution in [3.63, 3.8) is 0 Å². The maximum absolute atomic E-state index is 12.2. The summed E-state index contributed by atoms with van der Waals surface area (Å²) < 4.78 is 7.53. The molecule has 2 aromatic rings. The van der Waals surface area contributed by atoms with Crippen molar-refractivity contribution in [2.24, 2.45) is 0 Å². The molecule has 4 nitrogen and oxygen atoms in total. The SMILES string of the molecule is Cc1cc(Br)c(C=O)c2ccn(C(=O)OC(C)(C)C)c12. The third-order valence-electron chi connectivity index (χ3n) is 2.86. The molecule has 2 rings (SSSR count). The molecule has 1 aromatic heterocycles. The van der Waals surface area contributed by atoms with E-state index in [9.17, 15) is 9.59 Å². The highest BCUT2D eigenvalue weighted by Crippen LogP contribution is 2.29. The molecule has 20 heavy (non-hydrogen) atoms. The highest BCUT2D eigenvalue weighted by Gasteiger charge is 2.21. The van der Waals surface area contributed by atoms with E-state index in [0.29, 0.717) is 11.1 Å². The lowest BCUT2D eigenvalue weighted by atomic mass is 10.1. The predicted octanol–water partition coefficient (Wildman–Crippen LogP) is 4.31. The van der Waals surface area contributed by atoms with Crippen LogP contribution in [-0.2, 0) is 4.74 Å². The van der Waals surface area contributed by atoms with Crippen LogP contribution in [0.5, 0.6) is 0 Å². The maximum Gasteiger partial charge on any atom is 0.419 e. The monoisotopic (exact) mass is 337 g/mol. The Labute approximate surface area is 125 Å². The fourth-order valence-corrected chi connectivity index (χ4v) is 2.75. The zero-order valence-electron chi connectivity index (χ0n) is 11.9. The standard InChI is InChI=1S/C15H16BrNO3/c1-9-7-12(16)11(8-18)10-5-6-17(13(9)10)14(19)20-15(2,3)4/h5-8H,1-4H3. The van der Waals surface area contributed by atoms with E-state index in [0.717, 1.165) is 21.7 Å². The number of ether oxygens (including phenoxy) is 1. The average Bonchev–Trinajstić information content (AvgIpc) is 2.72. The lowest BCUT2D eigenvalue weighted by Gasteiger charge is -2.20. The molecule has 0 N–H and O–H groups in total. The van der Waals surface area contributed by atoms with Gasteiger partial charge in [-0.3, -0.25) is 9.36 Å². The zero-order valence-corrected chi connectivity index (χ0v) is 13.4. The first-order valence-electron chi connectivity index (χ1n) is 6.23. The smallest absolute Gasteiger partial charge is 0.419 e. The van der Waals surface area contributed by atoms with E-state index in [2.05, 4.69) is 15.9 Å². The molecule has 0 bridgehead atoms. The summed E-state index contributed by atoms with van der Waals surface area (Å²) in [5.41, 5.74) is 1.57. The number of hydrogen-bond donors (Lipinski definition) is 0. The van der Waals surface area contributed by atoms with Gasteiger partial charge in [0.25, 0.3) is 0 Å². The van der Waals surface area contributed by atoms with Crippen molar-refractivity contribution in [2.75, 3.05) is 0 Å². The number of aryl methyl sites for hydroxylation is 1. The van der Waals surface area contributed by atoms with E-state index < -0.39 is 11.7 Å². The van der Waals surface area contributed by atoms with Crippen LogP contribution in [0.3, 0.4) is 0 Å². The third-order valence-corrected chi connectivity index (χ3v) is 3.51. The summed E-state index contributed by atoms with van der Waals surface area (Å²) in [5, 5.41) is 0.734. The molecule has 5 heteroatoms. The predicted molar refractivity (Wildman–Crippen MR) is 81.4 cm³/mol. The summed E-state index contributed by atoms with van der Waals surface area (Å²) in [6, 6.07) is 3.58. The van der Waals surface area contributed by atoms with E-state index in [1.165, 1.54) is 4.57 Å². The Hall–Kier alpha value is -1.62. The van der Waals surface area contributed by atoms with Crippen LogP contribution in [-0.4, -0.2) is 22.5 Å². The van der Waals surface area contributed by atoms with E-state index >= 15 is 0 Å². The van der Waals surface area contributed by atoms with E-state index in [1.807, 2.05) is 33.8 Å². The number of carbonyl (C=O) groups is 2. The van der Waals surface area contributed by atoms with Gasteiger partial charge in [0.15, 0.2) is 6.29 Å². The number of nitrogens with zero attached hydrogens (tertiary/aromatic N) is 1. The summed E-state index contributed by atoms with van der Waals surface area (Å²) in [6.45, 7) is 7.34. The second-order valence-electron chi connectivity index (χ2n) is 5.64. The molecule has 0 atom stereocenters. The molecule has 0 aliphatic rings. The van der Waals surface area contributed by atoms with Gasteiger partial charge in [-0.1, -0.05) is 15.9 Å². The van der Waals surface area contributed by atoms with Crippen LogP contribution in [0.25, 0.3) is 10.9 Å². The average molecular weight is 338 g/mol. The summed E-state index contributed by atoms with van der Waals surface area (Å²) in [4.78, 5) is 23.4. The summed E-state index contributed by atoms with van der Waals surface area (Å²) in [5.74, 6) is 0. The quantitative estimate of drug-likeness (QED) is 0.728. The second kappa shape index (κ2) is 5.05. The minimum atomic E-state index is -0.565. The van der Waals surface area contributed by atoms with Crippen LogP contribution in [0, 0.1) is 6.92 Å². The van der Waals surface area contributed by atoms with Crippen LogP contribution < -0.4 is 0 Å². The van der Waals surface area contributed by atoms with E-state index in [4.69, 9.17) is 4.74 Å². The number of aldehydes is 1. The molecule has 1 heterocycles. The van der Waals surface area contributed by atoms with Gasteiger partial charge in [0.05, 0.1) is 5.52 Å². The fraction of sp³-hybridized carbons (Fsp3) is 0.333. The number of carbonyl (C=O) groups excluding carboxylic acids is 2. The summed E-state index contributed by atoms with van der Waals surface area (Å²) in [7, 11) is 0. The van der Waals surface area contributed by atoms with E-state index in [-0.39, 0.29) is 0 Å². The molecule has 0 amide bonds. The number of benzene rings is 1. The first kappa shape index (κ1) is 14.8.